The van der Waals surface area contributed by atoms with Crippen molar-refractivity contribution in [3.8, 4) is 0 Å². The van der Waals surface area contributed by atoms with Gasteiger partial charge in [0.05, 0.1) is 17.0 Å². The molecule has 0 N–H and O–H groups in total. The van der Waals surface area contributed by atoms with Crippen LogP contribution in [0.25, 0.3) is 0 Å². The lowest BCUT2D eigenvalue weighted by molar-refractivity contribution is -0.177. The molecule has 1 spiro atoms. The zero-order valence-corrected chi connectivity index (χ0v) is 18.2. The van der Waals surface area contributed by atoms with E-state index in [0.717, 1.165) is 32.1 Å². The molecule has 0 aromatic heterocycles. The minimum absolute atomic E-state index is 0.150. The number of fused-ring (bicyclic) bond motifs is 1. The molecule has 8 nitrogen and oxygen atoms in total. The van der Waals surface area contributed by atoms with Crippen LogP contribution in [0.3, 0.4) is 0 Å². The Morgan fingerprint density at radius 3 is 2.13 bits per heavy atom. The van der Waals surface area contributed by atoms with Crippen molar-refractivity contribution in [2.45, 2.75) is 58.5 Å². The summed E-state index contributed by atoms with van der Waals surface area (Å²) in [6, 6.07) is 6.38. The molecule has 2 aliphatic heterocycles. The predicted molar refractivity (Wildman–Crippen MR) is 110 cm³/mol. The Kier molecular flexibility index (Phi) is 5.27. The van der Waals surface area contributed by atoms with Gasteiger partial charge in [-0.1, -0.05) is 36.5 Å². The zero-order chi connectivity index (χ0) is 22.4. The second-order valence-corrected chi connectivity index (χ2v) is 9.70. The molecule has 1 aliphatic carbocycles. The van der Waals surface area contributed by atoms with Gasteiger partial charge in [0.2, 0.25) is 0 Å². The van der Waals surface area contributed by atoms with Gasteiger partial charge in [-0.05, 0) is 45.7 Å². The Labute approximate surface area is 181 Å². The van der Waals surface area contributed by atoms with E-state index in [0.29, 0.717) is 11.6 Å². The van der Waals surface area contributed by atoms with E-state index < -0.39 is 40.8 Å². The van der Waals surface area contributed by atoms with Crippen molar-refractivity contribution in [2.75, 3.05) is 13.1 Å². The number of rotatable bonds is 2. The number of nitrogens with zero attached hydrogens (tertiary/aromatic N) is 2. The summed E-state index contributed by atoms with van der Waals surface area (Å²) >= 11 is 0. The summed E-state index contributed by atoms with van der Waals surface area (Å²) in [7, 11) is 0. The quantitative estimate of drug-likeness (QED) is 0.669. The number of hydrogen-bond donors (Lipinski definition) is 0. The van der Waals surface area contributed by atoms with Crippen LogP contribution in [0.5, 0.6) is 0 Å². The Hall–Kier alpha value is -2.90. The van der Waals surface area contributed by atoms with Crippen molar-refractivity contribution in [2.24, 2.45) is 11.3 Å². The van der Waals surface area contributed by atoms with Gasteiger partial charge < -0.3 is 14.5 Å². The van der Waals surface area contributed by atoms with E-state index >= 15 is 0 Å². The van der Waals surface area contributed by atoms with E-state index in [2.05, 4.69) is 0 Å². The van der Waals surface area contributed by atoms with Crippen LogP contribution in [0, 0.1) is 11.3 Å². The molecule has 1 unspecified atom stereocenters. The minimum atomic E-state index is -0.650. The molecule has 31 heavy (non-hydrogen) atoms. The van der Waals surface area contributed by atoms with Gasteiger partial charge in [0.15, 0.2) is 0 Å². The highest BCUT2D eigenvalue weighted by molar-refractivity contribution is 6.20. The first kappa shape index (κ1) is 21.3. The Morgan fingerprint density at radius 2 is 1.58 bits per heavy atom. The molecule has 1 aromatic carbocycles. The van der Waals surface area contributed by atoms with Gasteiger partial charge in [-0.3, -0.25) is 9.59 Å². The van der Waals surface area contributed by atoms with Gasteiger partial charge in [0.25, 0.3) is 11.8 Å². The lowest BCUT2D eigenvalue weighted by Crippen LogP contribution is -2.42. The average molecular weight is 428 g/mol. The van der Waals surface area contributed by atoms with E-state index in [4.69, 9.17) is 9.57 Å². The van der Waals surface area contributed by atoms with Crippen LogP contribution < -0.4 is 0 Å². The molecule has 1 saturated heterocycles. The monoisotopic (exact) mass is 428 g/mol. The first-order valence-corrected chi connectivity index (χ1v) is 10.8. The molecule has 3 amide bonds. The fourth-order valence-electron chi connectivity index (χ4n) is 4.93. The predicted octanol–water partition coefficient (Wildman–Crippen LogP) is 3.56. The highest BCUT2D eigenvalue weighted by atomic mass is 16.7. The molecule has 1 saturated carbocycles. The Morgan fingerprint density at radius 1 is 1.00 bits per heavy atom. The van der Waals surface area contributed by atoms with Gasteiger partial charge in [0, 0.05) is 18.5 Å². The second kappa shape index (κ2) is 7.66. The highest BCUT2D eigenvalue weighted by Crippen LogP contribution is 2.48. The normalized spacial score (nSPS) is 22.6. The molecular weight excluding hydrogens is 400 g/mol. The maximum Gasteiger partial charge on any atom is 0.410 e. The Balaban J connectivity index is 1.54. The van der Waals surface area contributed by atoms with Crippen molar-refractivity contribution in [1.29, 1.82) is 0 Å². The van der Waals surface area contributed by atoms with Gasteiger partial charge >= 0.3 is 12.1 Å². The summed E-state index contributed by atoms with van der Waals surface area (Å²) < 4.78 is 5.51. The SMILES string of the molecule is CC(C)(C)OC(=O)N1CC(C(=O)ON2C(=O)c3ccccc3C2=O)C2(CCCCC2)C1. The van der Waals surface area contributed by atoms with Crippen LogP contribution >= 0.6 is 0 Å². The van der Waals surface area contributed by atoms with Crippen LogP contribution in [0.15, 0.2) is 24.3 Å². The average Bonchev–Trinajstić information content (AvgIpc) is 3.19. The van der Waals surface area contributed by atoms with Crippen molar-refractivity contribution in [1.82, 2.24) is 9.96 Å². The van der Waals surface area contributed by atoms with E-state index in [-0.39, 0.29) is 17.7 Å². The molecule has 2 heterocycles. The van der Waals surface area contributed by atoms with Crippen LogP contribution in [-0.4, -0.2) is 52.5 Å². The van der Waals surface area contributed by atoms with Crippen LogP contribution in [-0.2, 0) is 14.4 Å². The number of amides is 3. The van der Waals surface area contributed by atoms with Crippen LogP contribution in [0.2, 0.25) is 0 Å². The van der Waals surface area contributed by atoms with E-state index in [1.54, 1.807) is 37.8 Å². The van der Waals surface area contributed by atoms with Crippen molar-refractivity contribution < 1.29 is 28.8 Å². The highest BCUT2D eigenvalue weighted by Gasteiger charge is 2.54. The molecule has 0 bridgehead atoms. The summed E-state index contributed by atoms with van der Waals surface area (Å²) in [6.45, 7) is 5.95. The number of imide groups is 1. The number of carbonyl (C=O) groups is 4. The fourth-order valence-corrected chi connectivity index (χ4v) is 4.93. The standard InChI is InChI=1S/C23H28N2O6/c1-22(2,3)30-21(29)24-13-17(23(14-24)11-7-4-8-12-23)20(28)31-25-18(26)15-9-5-6-10-16(15)19(25)27/h5-6,9-10,17H,4,7-8,11-14H2,1-3H3. The van der Waals surface area contributed by atoms with E-state index in [9.17, 15) is 19.2 Å². The smallest absolute Gasteiger partial charge is 0.410 e. The van der Waals surface area contributed by atoms with Crippen LogP contribution in [0.4, 0.5) is 4.79 Å². The fraction of sp³-hybridized carbons (Fsp3) is 0.565. The first-order valence-electron chi connectivity index (χ1n) is 10.8. The lowest BCUT2D eigenvalue weighted by atomic mass is 9.68. The third-order valence-electron chi connectivity index (χ3n) is 6.37. The molecule has 0 radical (unpaired) electrons. The minimum Gasteiger partial charge on any atom is -0.444 e. The summed E-state index contributed by atoms with van der Waals surface area (Å²) in [6.07, 6.45) is 4.10. The largest absolute Gasteiger partial charge is 0.444 e. The zero-order valence-electron chi connectivity index (χ0n) is 18.2. The molecule has 1 aromatic rings. The van der Waals surface area contributed by atoms with Gasteiger partial charge in [-0.2, -0.15) is 0 Å². The molecule has 1 atom stereocenters. The van der Waals surface area contributed by atoms with Gasteiger partial charge in [-0.15, -0.1) is 0 Å². The Bertz CT molecular complexity index is 893. The molecule has 8 heteroatoms. The number of hydrogen-bond acceptors (Lipinski definition) is 6. The number of hydroxylamine groups is 2. The number of likely N-dealkylation sites (tertiary alicyclic amines) is 1. The summed E-state index contributed by atoms with van der Waals surface area (Å²) in [5, 5.41) is 0.555. The molecule has 4 rings (SSSR count). The third kappa shape index (κ3) is 3.91. The van der Waals surface area contributed by atoms with E-state index in [1.165, 1.54) is 12.1 Å². The third-order valence-corrected chi connectivity index (χ3v) is 6.37. The number of carbonyl (C=O) groups excluding carboxylic acids is 4. The lowest BCUT2D eigenvalue weighted by Gasteiger charge is -2.37. The summed E-state index contributed by atoms with van der Waals surface area (Å²) in [5.74, 6) is -2.56. The topological polar surface area (TPSA) is 93.2 Å². The maximum absolute atomic E-state index is 13.2. The first-order chi connectivity index (χ1) is 14.6. The number of benzene rings is 1. The molecule has 2 fully saturated rings. The van der Waals surface area contributed by atoms with E-state index in [1.807, 2.05) is 0 Å². The summed E-state index contributed by atoms with van der Waals surface area (Å²) in [4.78, 5) is 58.0. The van der Waals surface area contributed by atoms with Gasteiger partial charge in [-0.25, -0.2) is 9.59 Å². The second-order valence-electron chi connectivity index (χ2n) is 9.70. The van der Waals surface area contributed by atoms with Gasteiger partial charge in [0.1, 0.15) is 5.60 Å². The van der Waals surface area contributed by atoms with Crippen molar-refractivity contribution in [3.05, 3.63) is 35.4 Å². The van der Waals surface area contributed by atoms with Crippen molar-refractivity contribution in [3.63, 3.8) is 0 Å². The molecular formula is C23H28N2O6. The van der Waals surface area contributed by atoms with Crippen LogP contribution in [0.1, 0.15) is 73.6 Å². The van der Waals surface area contributed by atoms with Crippen molar-refractivity contribution >= 4 is 23.9 Å². The molecule has 3 aliphatic rings. The number of ether oxygens (including phenoxy) is 1. The molecule has 166 valence electrons. The summed E-state index contributed by atoms with van der Waals surface area (Å²) in [5.41, 5.74) is -0.635. The maximum atomic E-state index is 13.2.